The van der Waals surface area contributed by atoms with Gasteiger partial charge in [0.15, 0.2) is 5.76 Å². The van der Waals surface area contributed by atoms with Crippen LogP contribution in [-0.4, -0.2) is 35.5 Å². The summed E-state index contributed by atoms with van der Waals surface area (Å²) in [6.45, 7) is 2.08. The molecule has 1 aliphatic heterocycles. The monoisotopic (exact) mass is 336 g/mol. The number of aryl methyl sites for hydroxylation is 1. The fourth-order valence-corrected chi connectivity index (χ4v) is 4.70. The molecule has 1 N–H and O–H groups in total. The van der Waals surface area contributed by atoms with Gasteiger partial charge in [0.05, 0.1) is 22.2 Å². The van der Waals surface area contributed by atoms with Crippen LogP contribution in [0.3, 0.4) is 0 Å². The van der Waals surface area contributed by atoms with Gasteiger partial charge in [-0.05, 0) is 31.9 Å². The number of sulfonamides is 1. The van der Waals surface area contributed by atoms with Crippen molar-refractivity contribution in [2.75, 3.05) is 6.54 Å². The van der Waals surface area contributed by atoms with E-state index < -0.39 is 22.0 Å². The standard InChI is InChI=1S/C15H16N2O5S/c1-10-9-13(22-16-10)12-6-4-8-17(12)23(20,21)14-7-3-2-5-11(14)15(18)19/h2-3,5,7,9,12H,4,6,8H2,1H3,(H,18,19). The van der Waals surface area contributed by atoms with Crippen molar-refractivity contribution in [3.8, 4) is 0 Å². The van der Waals surface area contributed by atoms with E-state index in [9.17, 15) is 18.3 Å². The summed E-state index contributed by atoms with van der Waals surface area (Å²) >= 11 is 0. The molecule has 1 fully saturated rings. The fourth-order valence-electron chi connectivity index (χ4n) is 2.85. The van der Waals surface area contributed by atoms with Crippen LogP contribution in [0.4, 0.5) is 0 Å². The summed E-state index contributed by atoms with van der Waals surface area (Å²) in [5.41, 5.74) is 0.446. The molecule has 8 heteroatoms. The first-order valence-corrected chi connectivity index (χ1v) is 8.62. The highest BCUT2D eigenvalue weighted by molar-refractivity contribution is 7.89. The van der Waals surface area contributed by atoms with E-state index in [-0.39, 0.29) is 10.5 Å². The zero-order valence-corrected chi connectivity index (χ0v) is 13.3. The molecule has 1 aromatic carbocycles. The van der Waals surface area contributed by atoms with Gasteiger partial charge in [-0.2, -0.15) is 4.31 Å². The lowest BCUT2D eigenvalue weighted by Gasteiger charge is -2.22. The van der Waals surface area contributed by atoms with E-state index in [0.717, 1.165) is 0 Å². The average molecular weight is 336 g/mol. The van der Waals surface area contributed by atoms with Crippen molar-refractivity contribution in [1.29, 1.82) is 0 Å². The minimum atomic E-state index is -3.94. The van der Waals surface area contributed by atoms with Crippen molar-refractivity contribution in [3.05, 3.63) is 47.3 Å². The van der Waals surface area contributed by atoms with Crippen LogP contribution in [0.2, 0.25) is 0 Å². The van der Waals surface area contributed by atoms with E-state index in [1.165, 1.54) is 28.6 Å². The van der Waals surface area contributed by atoms with Gasteiger partial charge in [-0.15, -0.1) is 0 Å². The molecule has 1 unspecified atom stereocenters. The molecule has 0 spiro atoms. The summed E-state index contributed by atoms with van der Waals surface area (Å²) < 4.78 is 32.4. The molecule has 23 heavy (non-hydrogen) atoms. The van der Waals surface area contributed by atoms with Crippen molar-refractivity contribution >= 4 is 16.0 Å². The molecule has 0 radical (unpaired) electrons. The first-order valence-electron chi connectivity index (χ1n) is 7.18. The van der Waals surface area contributed by atoms with Crippen LogP contribution in [0.25, 0.3) is 0 Å². The SMILES string of the molecule is Cc1cc(C2CCCN2S(=O)(=O)c2ccccc2C(=O)O)on1. The maximum Gasteiger partial charge on any atom is 0.337 e. The summed E-state index contributed by atoms with van der Waals surface area (Å²) in [5, 5.41) is 13.1. The van der Waals surface area contributed by atoms with E-state index in [4.69, 9.17) is 4.52 Å². The number of carbonyl (C=O) groups is 1. The molecule has 0 bridgehead atoms. The van der Waals surface area contributed by atoms with Crippen molar-refractivity contribution < 1.29 is 22.8 Å². The first-order chi connectivity index (χ1) is 10.9. The Kier molecular flexibility index (Phi) is 3.95. The molecular weight excluding hydrogens is 320 g/mol. The normalized spacial score (nSPS) is 19.1. The van der Waals surface area contributed by atoms with E-state index in [1.807, 2.05) is 0 Å². The Morgan fingerprint density at radius 2 is 2.13 bits per heavy atom. The fraction of sp³-hybridized carbons (Fsp3) is 0.333. The first kappa shape index (κ1) is 15.7. The molecule has 2 aromatic rings. The number of rotatable bonds is 4. The highest BCUT2D eigenvalue weighted by atomic mass is 32.2. The number of carboxylic acids is 1. The Bertz CT molecular complexity index is 843. The van der Waals surface area contributed by atoms with Gasteiger partial charge in [-0.3, -0.25) is 0 Å². The predicted molar refractivity (Wildman–Crippen MR) is 80.5 cm³/mol. The Balaban J connectivity index is 2.04. The molecule has 0 amide bonds. The molecule has 1 aliphatic rings. The number of aromatic nitrogens is 1. The second-order valence-electron chi connectivity index (χ2n) is 5.45. The molecule has 1 atom stereocenters. The minimum absolute atomic E-state index is 0.198. The molecule has 1 aromatic heterocycles. The predicted octanol–water partition coefficient (Wildman–Crippen LogP) is 2.21. The van der Waals surface area contributed by atoms with Crippen LogP contribution in [0.1, 0.15) is 40.7 Å². The van der Waals surface area contributed by atoms with Gasteiger partial charge in [0, 0.05) is 12.6 Å². The Labute approximate surface area is 133 Å². The van der Waals surface area contributed by atoms with Crippen LogP contribution in [0, 0.1) is 6.92 Å². The van der Waals surface area contributed by atoms with Crippen molar-refractivity contribution in [2.24, 2.45) is 0 Å². The molecule has 3 rings (SSSR count). The zero-order valence-electron chi connectivity index (χ0n) is 12.5. The van der Waals surface area contributed by atoms with Crippen molar-refractivity contribution in [3.63, 3.8) is 0 Å². The van der Waals surface area contributed by atoms with E-state index in [0.29, 0.717) is 30.8 Å². The quantitative estimate of drug-likeness (QED) is 0.918. The Morgan fingerprint density at radius 1 is 1.39 bits per heavy atom. The summed E-state index contributed by atoms with van der Waals surface area (Å²) in [6.07, 6.45) is 1.29. The van der Waals surface area contributed by atoms with Crippen molar-refractivity contribution in [1.82, 2.24) is 9.46 Å². The van der Waals surface area contributed by atoms with Gasteiger partial charge in [0.25, 0.3) is 0 Å². The average Bonchev–Trinajstić information content (AvgIpc) is 3.15. The van der Waals surface area contributed by atoms with Crippen molar-refractivity contribution in [2.45, 2.75) is 30.7 Å². The molecule has 7 nitrogen and oxygen atoms in total. The van der Waals surface area contributed by atoms with Gasteiger partial charge in [-0.25, -0.2) is 13.2 Å². The molecule has 122 valence electrons. The molecular formula is C15H16N2O5S. The molecule has 0 saturated carbocycles. The van der Waals surface area contributed by atoms with E-state index in [2.05, 4.69) is 5.16 Å². The Hall–Kier alpha value is -2.19. The van der Waals surface area contributed by atoms with Gasteiger partial charge in [0.1, 0.15) is 0 Å². The number of carboxylic acid groups (broad SMARTS) is 1. The maximum atomic E-state index is 13.0. The van der Waals surface area contributed by atoms with Gasteiger partial charge in [-0.1, -0.05) is 17.3 Å². The minimum Gasteiger partial charge on any atom is -0.478 e. The number of benzene rings is 1. The van der Waals surface area contributed by atoms with E-state index >= 15 is 0 Å². The largest absolute Gasteiger partial charge is 0.478 e. The summed E-state index contributed by atoms with van der Waals surface area (Å²) in [6, 6.07) is 6.88. The lowest BCUT2D eigenvalue weighted by atomic mass is 10.2. The van der Waals surface area contributed by atoms with Gasteiger partial charge in [0.2, 0.25) is 10.0 Å². The molecule has 2 heterocycles. The van der Waals surface area contributed by atoms with Crippen LogP contribution in [-0.2, 0) is 10.0 Å². The third-order valence-corrected chi connectivity index (χ3v) is 5.85. The number of aromatic carboxylic acids is 1. The molecule has 0 aliphatic carbocycles. The van der Waals surface area contributed by atoms with Crippen LogP contribution < -0.4 is 0 Å². The van der Waals surface area contributed by atoms with Crippen LogP contribution >= 0.6 is 0 Å². The molecule has 1 saturated heterocycles. The zero-order chi connectivity index (χ0) is 16.6. The topological polar surface area (TPSA) is 101 Å². The summed E-state index contributed by atoms with van der Waals surface area (Å²) in [4.78, 5) is 11.1. The van der Waals surface area contributed by atoms with Gasteiger partial charge >= 0.3 is 5.97 Å². The highest BCUT2D eigenvalue weighted by Gasteiger charge is 2.39. The number of hydrogen-bond donors (Lipinski definition) is 1. The number of hydrogen-bond acceptors (Lipinski definition) is 5. The number of nitrogens with zero attached hydrogens (tertiary/aromatic N) is 2. The van der Waals surface area contributed by atoms with Gasteiger partial charge < -0.3 is 9.63 Å². The second-order valence-corrected chi connectivity index (χ2v) is 7.30. The third-order valence-electron chi connectivity index (χ3n) is 3.88. The smallest absolute Gasteiger partial charge is 0.337 e. The third kappa shape index (κ3) is 2.75. The summed E-state index contributed by atoms with van der Waals surface area (Å²) in [5.74, 6) is -0.785. The lowest BCUT2D eigenvalue weighted by Crippen LogP contribution is -2.31. The summed E-state index contributed by atoms with van der Waals surface area (Å²) in [7, 11) is -3.94. The van der Waals surface area contributed by atoms with E-state index in [1.54, 1.807) is 13.0 Å². The second kappa shape index (κ2) is 5.78. The van der Waals surface area contributed by atoms with Crippen LogP contribution in [0.15, 0.2) is 39.8 Å². The Morgan fingerprint density at radius 3 is 2.78 bits per heavy atom. The maximum absolute atomic E-state index is 13.0. The highest BCUT2D eigenvalue weighted by Crippen LogP contribution is 2.37. The lowest BCUT2D eigenvalue weighted by molar-refractivity contribution is 0.0692. The van der Waals surface area contributed by atoms with Crippen LogP contribution in [0.5, 0.6) is 0 Å².